The molecule has 0 aromatic heterocycles. The summed E-state index contributed by atoms with van der Waals surface area (Å²) in [6, 6.07) is 2.85. The Kier molecular flexibility index (Phi) is 4.97. The highest BCUT2D eigenvalue weighted by Crippen LogP contribution is 2.60. The fourth-order valence-electron chi connectivity index (χ4n) is 5.46. The molecule has 0 radical (unpaired) electrons. The van der Waals surface area contributed by atoms with E-state index in [1.807, 2.05) is 11.9 Å². The van der Waals surface area contributed by atoms with E-state index in [0.29, 0.717) is 41.2 Å². The van der Waals surface area contributed by atoms with Crippen molar-refractivity contribution in [3.63, 3.8) is 0 Å². The van der Waals surface area contributed by atoms with Crippen LogP contribution in [0.1, 0.15) is 40.0 Å². The molecule has 0 fully saturated rings. The van der Waals surface area contributed by atoms with Gasteiger partial charge in [-0.3, -0.25) is 15.0 Å². The third-order valence-corrected chi connectivity index (χ3v) is 6.82. The fraction of sp³-hybridized carbons (Fsp3) is 0.435. The van der Waals surface area contributed by atoms with Crippen LogP contribution in [-0.4, -0.2) is 57.5 Å². The lowest BCUT2D eigenvalue weighted by Crippen LogP contribution is -2.45. The number of esters is 1. The molecule has 2 aromatic carbocycles. The molecule has 3 aliphatic heterocycles. The summed E-state index contributed by atoms with van der Waals surface area (Å²) in [6.07, 6.45) is 0.383. The van der Waals surface area contributed by atoms with E-state index >= 15 is 0 Å². The first-order valence-corrected chi connectivity index (χ1v) is 10.6. The van der Waals surface area contributed by atoms with Crippen molar-refractivity contribution in [1.82, 2.24) is 4.90 Å². The molecule has 0 saturated heterocycles. The minimum absolute atomic E-state index is 0.0595. The molecule has 0 spiro atoms. The number of nitro benzene ring substituents is 1. The Morgan fingerprint density at radius 2 is 1.82 bits per heavy atom. The maximum atomic E-state index is 13.1. The van der Waals surface area contributed by atoms with Crippen molar-refractivity contribution >= 4 is 11.7 Å². The molecule has 2 aromatic rings. The topological polar surface area (TPSA) is 119 Å². The molecule has 34 heavy (non-hydrogen) atoms. The van der Waals surface area contributed by atoms with E-state index in [1.54, 1.807) is 19.1 Å². The quantitative estimate of drug-likeness (QED) is 0.365. The number of hydrogen-bond donors (Lipinski definition) is 0. The number of ether oxygens (including phenoxy) is 6. The molecule has 0 bridgehead atoms. The van der Waals surface area contributed by atoms with E-state index in [2.05, 4.69) is 0 Å². The van der Waals surface area contributed by atoms with Crippen molar-refractivity contribution in [3.8, 4) is 28.7 Å². The smallest absolute Gasteiger partial charge is 0.343 e. The van der Waals surface area contributed by atoms with Gasteiger partial charge in [-0.05, 0) is 26.5 Å². The third kappa shape index (κ3) is 2.76. The van der Waals surface area contributed by atoms with Gasteiger partial charge in [-0.15, -0.1) is 0 Å². The standard InChI is InChI=1S/C23H24N2O9/c1-23(12-6-7-13(29-3)17(30-4)15(12)22(26)34-23)21-14-11(8-9-24(21)2)16(25(27)28)19-20(18(14)31-5)33-10-32-19/h6-7,21H,8-10H2,1-5H3/t21-,23+/m1/s1. The number of nitrogens with zero attached hydrogens (tertiary/aromatic N) is 2. The highest BCUT2D eigenvalue weighted by molar-refractivity contribution is 5.99. The zero-order valence-corrected chi connectivity index (χ0v) is 19.4. The summed E-state index contributed by atoms with van der Waals surface area (Å²) < 4.78 is 33.7. The van der Waals surface area contributed by atoms with Gasteiger partial charge in [-0.25, -0.2) is 4.79 Å². The second kappa shape index (κ2) is 7.66. The normalized spacial score (nSPS) is 22.6. The number of likely N-dealkylation sites (N-methyl/N-ethyl adjacent to an activating group) is 1. The van der Waals surface area contributed by atoms with E-state index in [4.69, 9.17) is 28.4 Å². The molecule has 0 unspecified atom stereocenters. The van der Waals surface area contributed by atoms with E-state index in [-0.39, 0.29) is 35.3 Å². The second-order valence-electron chi connectivity index (χ2n) is 8.45. The van der Waals surface area contributed by atoms with Crippen LogP contribution in [0.5, 0.6) is 28.7 Å². The summed E-state index contributed by atoms with van der Waals surface area (Å²) >= 11 is 0. The van der Waals surface area contributed by atoms with E-state index in [1.165, 1.54) is 21.3 Å². The molecule has 3 aliphatic rings. The highest BCUT2D eigenvalue weighted by atomic mass is 16.7. The maximum Gasteiger partial charge on any atom is 0.343 e. The van der Waals surface area contributed by atoms with Crippen molar-refractivity contribution in [1.29, 1.82) is 0 Å². The molecule has 0 saturated carbocycles. The zero-order valence-electron chi connectivity index (χ0n) is 19.4. The number of carbonyl (C=O) groups is 1. The molecule has 11 heteroatoms. The highest BCUT2D eigenvalue weighted by Gasteiger charge is 2.55. The number of cyclic esters (lactones) is 1. The predicted molar refractivity (Wildman–Crippen MR) is 117 cm³/mol. The van der Waals surface area contributed by atoms with Crippen LogP contribution in [0.25, 0.3) is 0 Å². The zero-order chi connectivity index (χ0) is 24.4. The van der Waals surface area contributed by atoms with Crippen LogP contribution >= 0.6 is 0 Å². The minimum Gasteiger partial charge on any atom is -0.493 e. The maximum absolute atomic E-state index is 13.1. The summed E-state index contributed by atoms with van der Waals surface area (Å²) in [4.78, 5) is 26.8. The average molecular weight is 472 g/mol. The summed E-state index contributed by atoms with van der Waals surface area (Å²) in [6.45, 7) is 2.12. The summed E-state index contributed by atoms with van der Waals surface area (Å²) in [5.41, 5.74) is 0.485. The van der Waals surface area contributed by atoms with Gasteiger partial charge in [0.1, 0.15) is 5.56 Å². The van der Waals surface area contributed by atoms with E-state index in [0.717, 1.165) is 0 Å². The Balaban J connectivity index is 1.80. The van der Waals surface area contributed by atoms with Crippen molar-refractivity contribution < 1.29 is 38.1 Å². The average Bonchev–Trinajstić information content (AvgIpc) is 3.39. The number of benzene rings is 2. The van der Waals surface area contributed by atoms with Gasteiger partial charge in [0.2, 0.25) is 18.3 Å². The molecular formula is C23H24N2O9. The molecular weight excluding hydrogens is 448 g/mol. The first kappa shape index (κ1) is 22.1. The molecule has 3 heterocycles. The van der Waals surface area contributed by atoms with E-state index < -0.39 is 22.5 Å². The first-order valence-electron chi connectivity index (χ1n) is 10.6. The van der Waals surface area contributed by atoms with Crippen LogP contribution in [0, 0.1) is 10.1 Å². The molecule has 180 valence electrons. The molecule has 5 rings (SSSR count). The minimum atomic E-state index is -1.22. The van der Waals surface area contributed by atoms with Crippen molar-refractivity contribution in [3.05, 3.63) is 44.5 Å². The summed E-state index contributed by atoms with van der Waals surface area (Å²) in [5, 5.41) is 12.1. The van der Waals surface area contributed by atoms with Crippen LogP contribution in [-0.2, 0) is 16.8 Å². The third-order valence-electron chi connectivity index (χ3n) is 6.82. The summed E-state index contributed by atoms with van der Waals surface area (Å²) in [7, 11) is 6.29. The van der Waals surface area contributed by atoms with Gasteiger partial charge >= 0.3 is 11.7 Å². The van der Waals surface area contributed by atoms with E-state index in [9.17, 15) is 14.9 Å². The number of nitro groups is 1. The number of methoxy groups -OCH3 is 3. The molecule has 0 amide bonds. The van der Waals surface area contributed by atoms with Gasteiger partial charge in [0, 0.05) is 23.2 Å². The Morgan fingerprint density at radius 3 is 2.47 bits per heavy atom. The lowest BCUT2D eigenvalue weighted by Gasteiger charge is -2.43. The second-order valence-corrected chi connectivity index (χ2v) is 8.45. The van der Waals surface area contributed by atoms with Gasteiger partial charge in [0.25, 0.3) is 0 Å². The van der Waals surface area contributed by atoms with Crippen LogP contribution in [0.3, 0.4) is 0 Å². The van der Waals surface area contributed by atoms with Gasteiger partial charge in [-0.1, -0.05) is 6.07 Å². The Hall–Kier alpha value is -3.73. The van der Waals surface area contributed by atoms with Crippen molar-refractivity contribution in [2.75, 3.05) is 41.7 Å². The number of rotatable bonds is 5. The van der Waals surface area contributed by atoms with Crippen LogP contribution in [0.15, 0.2) is 12.1 Å². The molecule has 0 aliphatic carbocycles. The Bertz CT molecular complexity index is 1230. The van der Waals surface area contributed by atoms with Crippen LogP contribution in [0.2, 0.25) is 0 Å². The number of carbonyl (C=O) groups excluding carboxylic acids is 1. The molecule has 0 N–H and O–H groups in total. The number of fused-ring (bicyclic) bond motifs is 3. The lowest BCUT2D eigenvalue weighted by molar-refractivity contribution is -0.386. The van der Waals surface area contributed by atoms with Gasteiger partial charge in [-0.2, -0.15) is 0 Å². The van der Waals surface area contributed by atoms with Crippen LogP contribution < -0.4 is 23.7 Å². The number of hydrogen-bond acceptors (Lipinski definition) is 10. The first-order chi connectivity index (χ1) is 16.3. The predicted octanol–water partition coefficient (Wildman–Crippen LogP) is 2.96. The summed E-state index contributed by atoms with van der Waals surface area (Å²) in [5.74, 6) is 0.671. The Morgan fingerprint density at radius 1 is 1.12 bits per heavy atom. The van der Waals surface area contributed by atoms with Crippen molar-refractivity contribution in [2.24, 2.45) is 0 Å². The van der Waals surface area contributed by atoms with Gasteiger partial charge in [0.05, 0.1) is 32.3 Å². The van der Waals surface area contributed by atoms with Gasteiger partial charge < -0.3 is 28.4 Å². The van der Waals surface area contributed by atoms with Gasteiger partial charge in [0.15, 0.2) is 22.8 Å². The molecule has 11 nitrogen and oxygen atoms in total. The van der Waals surface area contributed by atoms with Crippen LogP contribution in [0.4, 0.5) is 5.69 Å². The monoisotopic (exact) mass is 472 g/mol. The Labute approximate surface area is 195 Å². The largest absolute Gasteiger partial charge is 0.493 e. The lowest BCUT2D eigenvalue weighted by atomic mass is 9.77. The fourth-order valence-corrected chi connectivity index (χ4v) is 5.46. The molecule has 2 atom stereocenters. The SMILES string of the molecule is COc1ccc2c(c1OC)C(=O)O[C@]2(C)[C@H]1c2c(c([N+](=O)[O-])c3c(c2OC)OCO3)CCN1C. The van der Waals surface area contributed by atoms with Crippen molar-refractivity contribution in [2.45, 2.75) is 25.0 Å².